The fourth-order valence-electron chi connectivity index (χ4n) is 3.88. The summed E-state index contributed by atoms with van der Waals surface area (Å²) < 4.78 is 68.7. The minimum atomic E-state index is -4.78. The van der Waals surface area contributed by atoms with Crippen LogP contribution in [0.25, 0.3) is 21.5 Å². The van der Waals surface area contributed by atoms with E-state index in [0.717, 1.165) is 12.1 Å². The number of nitrogens with zero attached hydrogens (tertiary/aromatic N) is 4. The summed E-state index contributed by atoms with van der Waals surface area (Å²) in [5, 5.41) is 28.9. The number of rotatable bonds is 6. The van der Waals surface area contributed by atoms with E-state index in [1.807, 2.05) is 0 Å². The van der Waals surface area contributed by atoms with Crippen molar-refractivity contribution in [2.75, 3.05) is 0 Å². The van der Waals surface area contributed by atoms with Gasteiger partial charge in [0.05, 0.1) is 26.4 Å². The number of aromatic hydroxyl groups is 1. The molecule has 0 aromatic heterocycles. The molecule has 1 N–H and O–H groups in total. The molecule has 5 aromatic carbocycles. The van der Waals surface area contributed by atoms with E-state index in [9.17, 15) is 31.0 Å². The van der Waals surface area contributed by atoms with Crippen molar-refractivity contribution in [2.24, 2.45) is 20.5 Å². The van der Waals surface area contributed by atoms with Crippen molar-refractivity contribution in [2.45, 2.75) is 9.79 Å². The van der Waals surface area contributed by atoms with Crippen molar-refractivity contribution in [3.63, 3.8) is 0 Å². The van der Waals surface area contributed by atoms with Crippen molar-refractivity contribution >= 4 is 64.5 Å². The van der Waals surface area contributed by atoms with Crippen LogP contribution in [0.2, 0.25) is 0 Å². The third-order valence-electron chi connectivity index (χ3n) is 5.71. The fraction of sp³-hybridized carbons (Fsp3) is 0. The molecule has 0 bridgehead atoms. The first-order valence-corrected chi connectivity index (χ1v) is 13.9. The molecule has 0 atom stereocenters. The van der Waals surface area contributed by atoms with Crippen LogP contribution in [0.5, 0.6) is 5.75 Å². The molecule has 0 aliphatic rings. The summed E-state index contributed by atoms with van der Waals surface area (Å²) in [7, 11) is -9.44. The minimum Gasteiger partial charge on any atom is -0.754 e. The van der Waals surface area contributed by atoms with Crippen LogP contribution in [-0.2, 0) is 20.2 Å². The van der Waals surface area contributed by atoms with Crippen molar-refractivity contribution in [1.29, 1.82) is 0 Å². The van der Waals surface area contributed by atoms with Crippen molar-refractivity contribution < 1.29 is 120 Å². The quantitative estimate of drug-likeness (QED) is 0.0908. The summed E-state index contributed by atoms with van der Waals surface area (Å²) in [6.45, 7) is 0. The number of hydrogen-bond donors (Lipinski definition) is 1. The third-order valence-corrected chi connectivity index (χ3v) is 7.40. The Kier molecular flexibility index (Phi) is 13.0. The summed E-state index contributed by atoms with van der Waals surface area (Å²) in [5.41, 5.74) is 0.709. The topological polar surface area (TPSA) is 184 Å². The van der Waals surface area contributed by atoms with E-state index >= 15 is 0 Å². The predicted molar refractivity (Wildman–Crippen MR) is 139 cm³/mol. The zero-order chi connectivity index (χ0) is 27.8. The smallest absolute Gasteiger partial charge is 0.754 e. The van der Waals surface area contributed by atoms with Crippen molar-refractivity contribution in [1.82, 2.24) is 0 Å². The van der Waals surface area contributed by atoms with Gasteiger partial charge in [-0.15, -0.1) is 16.3 Å². The molecule has 42 heavy (non-hydrogen) atoms. The first kappa shape index (κ1) is 36.6. The Labute approximate surface area is 307 Å². The molecule has 0 aliphatic heterocycles. The molecule has 11 nitrogen and oxygen atoms in total. The summed E-state index contributed by atoms with van der Waals surface area (Å²) >= 11 is 0. The molecule has 0 aliphatic carbocycles. The molecule has 16 heteroatoms. The first-order chi connectivity index (χ1) is 18.5. The number of hydrogen-bond acceptors (Lipinski definition) is 11. The van der Waals surface area contributed by atoms with Crippen molar-refractivity contribution in [3.05, 3.63) is 91.0 Å². The Morgan fingerprint density at radius 2 is 1.24 bits per heavy atom. The summed E-state index contributed by atoms with van der Waals surface area (Å²) in [6, 6.07) is 22.9. The Morgan fingerprint density at radius 1 is 0.643 bits per heavy atom. The second-order valence-corrected chi connectivity index (χ2v) is 10.9. The van der Waals surface area contributed by atoms with Gasteiger partial charge in [-0.3, -0.25) is 8.42 Å². The van der Waals surface area contributed by atoms with Gasteiger partial charge in [0.25, 0.3) is 0 Å². The zero-order valence-electron chi connectivity index (χ0n) is 22.6. The molecule has 0 unspecified atom stereocenters. The molecule has 196 valence electrons. The van der Waals surface area contributed by atoms with E-state index < -0.39 is 30.0 Å². The van der Waals surface area contributed by atoms with Crippen LogP contribution in [0.3, 0.4) is 0 Å². The standard InChI is InChI=1S/C26H17N4O7S2.3Na/c31-24-14-9-16-15-17(38(32,33)34)10-11-18(16)26(24)30-28-22-13-12-21(19-5-1-2-6-20(19)22)27-29-23-7-3-4-8-25(23)39(35,36)37;;;/h1-3,5-15,31H,(H,32,33,34)(H,35,36,37);;;/q-1;3*+1/p-2. The Bertz CT molecular complexity index is 2060. The van der Waals surface area contributed by atoms with E-state index in [-0.39, 0.29) is 106 Å². The van der Waals surface area contributed by atoms with Gasteiger partial charge in [0.2, 0.25) is 0 Å². The molecular weight excluding hydrogens is 613 g/mol. The molecule has 5 rings (SSSR count). The van der Waals surface area contributed by atoms with Gasteiger partial charge in [-0.25, -0.2) is 8.42 Å². The van der Waals surface area contributed by atoms with Gasteiger partial charge in [0.15, 0.2) is 0 Å². The number of phenolic OH excluding ortho intramolecular Hbond substituents is 1. The monoisotopic (exact) mass is 628 g/mol. The SMILES string of the molecule is O=S(=O)([O-])c1ccc2c(N=Nc3ccc(N=Nc4cc[c-]cc4S(=O)(=O)[O-])c4ccccc34)c(O)ccc2c1.[Na+].[Na+].[Na+]. The normalized spacial score (nSPS) is 11.8. The number of phenols is 1. The summed E-state index contributed by atoms with van der Waals surface area (Å²) in [6.07, 6.45) is 0. The van der Waals surface area contributed by atoms with E-state index in [0.29, 0.717) is 32.9 Å². The molecule has 0 heterocycles. The van der Waals surface area contributed by atoms with Crippen LogP contribution in [0.15, 0.2) is 115 Å². The fourth-order valence-corrected chi connectivity index (χ4v) is 4.97. The molecule has 0 spiro atoms. The van der Waals surface area contributed by atoms with Gasteiger partial charge in [0, 0.05) is 16.2 Å². The molecular formula is C26H15N4Na3O7S2. The first-order valence-electron chi connectivity index (χ1n) is 11.1. The molecule has 0 saturated heterocycles. The third kappa shape index (κ3) is 8.12. The van der Waals surface area contributed by atoms with Crippen LogP contribution in [0, 0.1) is 6.07 Å². The Hall–Kier alpha value is -1.56. The van der Waals surface area contributed by atoms with Crippen molar-refractivity contribution in [3.8, 4) is 5.75 Å². The summed E-state index contributed by atoms with van der Waals surface area (Å²) in [4.78, 5) is -0.953. The number of fused-ring (bicyclic) bond motifs is 2. The maximum atomic E-state index is 11.5. The van der Waals surface area contributed by atoms with E-state index in [4.69, 9.17) is 0 Å². The van der Waals surface area contributed by atoms with Crippen LogP contribution >= 0.6 is 0 Å². The molecule has 0 saturated carbocycles. The molecule has 0 amide bonds. The maximum absolute atomic E-state index is 11.5. The molecule has 5 aromatic rings. The van der Waals surface area contributed by atoms with Gasteiger partial charge >= 0.3 is 88.7 Å². The van der Waals surface area contributed by atoms with Gasteiger partial charge < -0.3 is 14.2 Å². The average molecular weight is 629 g/mol. The molecule has 0 fully saturated rings. The van der Waals surface area contributed by atoms with E-state index in [1.54, 1.807) is 36.4 Å². The van der Waals surface area contributed by atoms with Crippen LogP contribution in [-0.4, -0.2) is 31.0 Å². The number of azo groups is 2. The van der Waals surface area contributed by atoms with Gasteiger partial charge in [-0.1, -0.05) is 36.4 Å². The van der Waals surface area contributed by atoms with E-state index in [1.165, 1.54) is 36.4 Å². The van der Waals surface area contributed by atoms with E-state index in [2.05, 4.69) is 26.5 Å². The van der Waals surface area contributed by atoms with Gasteiger partial charge in [0.1, 0.15) is 21.6 Å². The number of benzene rings is 5. The van der Waals surface area contributed by atoms with Crippen LogP contribution in [0.1, 0.15) is 0 Å². The molecule has 0 radical (unpaired) electrons. The predicted octanol–water partition coefficient (Wildman–Crippen LogP) is -2.85. The Morgan fingerprint density at radius 3 is 1.83 bits per heavy atom. The average Bonchev–Trinajstić information content (AvgIpc) is 2.90. The van der Waals surface area contributed by atoms with Crippen LogP contribution < -0.4 is 88.7 Å². The van der Waals surface area contributed by atoms with Gasteiger partial charge in [-0.2, -0.15) is 28.4 Å². The van der Waals surface area contributed by atoms with Crippen LogP contribution in [0.4, 0.5) is 22.7 Å². The maximum Gasteiger partial charge on any atom is 1.00 e. The second kappa shape index (κ2) is 14.9. The second-order valence-electron chi connectivity index (χ2n) is 8.17. The largest absolute Gasteiger partial charge is 1.00 e. The zero-order valence-corrected chi connectivity index (χ0v) is 30.2. The minimum absolute atomic E-state index is 0. The Balaban J connectivity index is 0.00000205. The van der Waals surface area contributed by atoms with Gasteiger partial charge in [-0.05, 0) is 46.3 Å². The summed E-state index contributed by atoms with van der Waals surface area (Å²) in [5.74, 6) is -0.206.